The highest BCUT2D eigenvalue weighted by Gasteiger charge is 2.19. The summed E-state index contributed by atoms with van der Waals surface area (Å²) in [5, 5.41) is 11.8. The Hall–Kier alpha value is -3.13. The zero-order chi connectivity index (χ0) is 18.6. The first-order chi connectivity index (χ1) is 12.5. The van der Waals surface area contributed by atoms with Crippen molar-refractivity contribution in [2.75, 3.05) is 5.32 Å². The van der Waals surface area contributed by atoms with Gasteiger partial charge in [0.05, 0.1) is 16.0 Å². The molecule has 2 amide bonds. The molecule has 3 N–H and O–H groups in total. The number of aryl methyl sites for hydroxylation is 1. The van der Waals surface area contributed by atoms with Gasteiger partial charge < -0.3 is 10.6 Å². The minimum atomic E-state index is -3.59. The van der Waals surface area contributed by atoms with E-state index in [0.717, 1.165) is 5.56 Å². The van der Waals surface area contributed by atoms with E-state index in [-0.39, 0.29) is 15.8 Å². The number of rotatable bonds is 5. The normalized spacial score (nSPS) is 11.1. The van der Waals surface area contributed by atoms with E-state index in [1.165, 1.54) is 12.1 Å². The lowest BCUT2D eigenvalue weighted by Crippen LogP contribution is -2.28. The van der Waals surface area contributed by atoms with E-state index in [1.54, 1.807) is 55.7 Å². The molecule has 3 aromatic rings. The highest BCUT2D eigenvalue weighted by Crippen LogP contribution is 2.24. The van der Waals surface area contributed by atoms with Crippen LogP contribution in [-0.2, 0) is 16.4 Å². The molecule has 0 fully saturated rings. The Bertz CT molecular complexity index is 997. The lowest BCUT2D eigenvalue weighted by Gasteiger charge is -2.10. The molecule has 0 saturated heterocycles. The van der Waals surface area contributed by atoms with Crippen LogP contribution in [0.1, 0.15) is 11.1 Å². The number of amides is 2. The number of sulfone groups is 1. The average Bonchev–Trinajstić information content (AvgIpc) is 3.14. The zero-order valence-electron chi connectivity index (χ0n) is 14.1. The second kappa shape index (κ2) is 7.40. The molecule has 0 aliphatic heterocycles. The number of H-pyrrole nitrogens is 1. The molecule has 0 aliphatic carbocycles. The number of hydrogen-bond donors (Lipinski definition) is 3. The van der Waals surface area contributed by atoms with Crippen LogP contribution in [0.25, 0.3) is 0 Å². The van der Waals surface area contributed by atoms with Crippen LogP contribution in [0.15, 0.2) is 70.7 Å². The van der Waals surface area contributed by atoms with E-state index in [4.69, 9.17) is 0 Å². The number of aromatic amines is 1. The Morgan fingerprint density at radius 1 is 1.12 bits per heavy atom. The summed E-state index contributed by atoms with van der Waals surface area (Å²) in [6.07, 6.45) is 3.30. The highest BCUT2D eigenvalue weighted by atomic mass is 32.2. The van der Waals surface area contributed by atoms with Crippen molar-refractivity contribution in [3.8, 4) is 0 Å². The number of carbonyl (C=O) groups is 1. The van der Waals surface area contributed by atoms with Gasteiger partial charge in [0.1, 0.15) is 0 Å². The molecule has 0 unspecified atom stereocenters. The largest absolute Gasteiger partial charge is 0.334 e. The van der Waals surface area contributed by atoms with Crippen LogP contribution in [0.2, 0.25) is 0 Å². The van der Waals surface area contributed by atoms with Crippen LogP contribution in [0.3, 0.4) is 0 Å². The van der Waals surface area contributed by atoms with Crippen LogP contribution in [0.5, 0.6) is 0 Å². The Kier molecular flexibility index (Phi) is 5.04. The second-order valence-electron chi connectivity index (χ2n) is 5.71. The summed E-state index contributed by atoms with van der Waals surface area (Å²) < 4.78 is 25.4. The molecule has 1 aromatic heterocycles. The fourth-order valence-corrected chi connectivity index (χ4v) is 3.93. The molecular weight excluding hydrogens is 352 g/mol. The van der Waals surface area contributed by atoms with Gasteiger partial charge in [-0.1, -0.05) is 18.2 Å². The number of nitrogens with zero attached hydrogens (tertiary/aromatic N) is 1. The van der Waals surface area contributed by atoms with Gasteiger partial charge in [0.25, 0.3) is 0 Å². The quantitative estimate of drug-likeness (QED) is 0.642. The summed E-state index contributed by atoms with van der Waals surface area (Å²) in [5.74, 6) is 0. The van der Waals surface area contributed by atoms with Crippen molar-refractivity contribution in [3.05, 3.63) is 72.1 Å². The summed E-state index contributed by atoms with van der Waals surface area (Å²) in [7, 11) is -3.59. The Morgan fingerprint density at radius 3 is 2.50 bits per heavy atom. The fraction of sp³-hybridized carbons (Fsp3) is 0.111. The zero-order valence-corrected chi connectivity index (χ0v) is 14.9. The predicted molar refractivity (Wildman–Crippen MR) is 97.5 cm³/mol. The van der Waals surface area contributed by atoms with Crippen molar-refractivity contribution >= 4 is 21.6 Å². The van der Waals surface area contributed by atoms with Gasteiger partial charge in [-0.15, -0.1) is 0 Å². The maximum Gasteiger partial charge on any atom is 0.319 e. The third kappa shape index (κ3) is 3.92. The molecular formula is C18H18N4O3S. The molecule has 26 heavy (non-hydrogen) atoms. The SMILES string of the molecule is Cc1ccccc1S(=O)(=O)c1ccc(NC(=O)NCc2cn[nH]c2)cc1. The molecule has 134 valence electrons. The van der Waals surface area contributed by atoms with E-state index in [9.17, 15) is 13.2 Å². The van der Waals surface area contributed by atoms with Crippen LogP contribution in [0, 0.1) is 6.92 Å². The van der Waals surface area contributed by atoms with Gasteiger partial charge >= 0.3 is 6.03 Å². The molecule has 0 aliphatic rings. The van der Waals surface area contributed by atoms with E-state index >= 15 is 0 Å². The van der Waals surface area contributed by atoms with Gasteiger partial charge in [-0.3, -0.25) is 5.10 Å². The van der Waals surface area contributed by atoms with Gasteiger partial charge in [-0.05, 0) is 42.8 Å². The molecule has 1 heterocycles. The fourth-order valence-electron chi connectivity index (χ4n) is 2.43. The predicted octanol–water partition coefficient (Wildman–Crippen LogP) is 2.87. The van der Waals surface area contributed by atoms with Crippen LogP contribution < -0.4 is 10.6 Å². The number of urea groups is 1. The second-order valence-corrected chi connectivity index (χ2v) is 7.63. The van der Waals surface area contributed by atoms with Crippen molar-refractivity contribution in [3.63, 3.8) is 0 Å². The smallest absolute Gasteiger partial charge is 0.319 e. The van der Waals surface area contributed by atoms with Crippen molar-refractivity contribution in [1.82, 2.24) is 15.5 Å². The van der Waals surface area contributed by atoms with Gasteiger partial charge in [0, 0.05) is 24.0 Å². The van der Waals surface area contributed by atoms with Crippen LogP contribution >= 0.6 is 0 Å². The van der Waals surface area contributed by atoms with Gasteiger partial charge in [0.2, 0.25) is 9.84 Å². The Balaban J connectivity index is 1.68. The van der Waals surface area contributed by atoms with Crippen molar-refractivity contribution < 1.29 is 13.2 Å². The number of anilines is 1. The molecule has 0 atom stereocenters. The molecule has 0 spiro atoms. The molecule has 0 saturated carbocycles. The van der Waals surface area contributed by atoms with Crippen LogP contribution in [-0.4, -0.2) is 24.6 Å². The van der Waals surface area contributed by atoms with E-state index in [2.05, 4.69) is 20.8 Å². The molecule has 2 aromatic carbocycles. The van der Waals surface area contributed by atoms with Crippen molar-refractivity contribution in [1.29, 1.82) is 0 Å². The summed E-state index contributed by atoms with van der Waals surface area (Å²) in [5.41, 5.74) is 2.03. The summed E-state index contributed by atoms with van der Waals surface area (Å²) in [4.78, 5) is 12.3. The Morgan fingerprint density at radius 2 is 1.85 bits per heavy atom. The maximum atomic E-state index is 12.7. The first kappa shape index (κ1) is 17.7. The van der Waals surface area contributed by atoms with Gasteiger partial charge in [0.15, 0.2) is 0 Å². The van der Waals surface area contributed by atoms with Crippen molar-refractivity contribution in [2.45, 2.75) is 23.3 Å². The molecule has 7 nitrogen and oxygen atoms in total. The lowest BCUT2D eigenvalue weighted by atomic mass is 10.2. The lowest BCUT2D eigenvalue weighted by molar-refractivity contribution is 0.251. The van der Waals surface area contributed by atoms with Crippen molar-refractivity contribution in [2.24, 2.45) is 0 Å². The highest BCUT2D eigenvalue weighted by molar-refractivity contribution is 7.91. The first-order valence-electron chi connectivity index (χ1n) is 7.90. The minimum Gasteiger partial charge on any atom is -0.334 e. The standard InChI is InChI=1S/C18H18N4O3S/c1-13-4-2-3-5-17(13)26(24,25)16-8-6-15(7-9-16)22-18(23)19-10-14-11-20-21-12-14/h2-9,11-12H,10H2,1H3,(H,20,21)(H2,19,22,23). The van der Waals surface area contributed by atoms with Gasteiger partial charge in [-0.25, -0.2) is 13.2 Å². The maximum absolute atomic E-state index is 12.7. The van der Waals surface area contributed by atoms with Gasteiger partial charge in [-0.2, -0.15) is 5.10 Å². The topological polar surface area (TPSA) is 104 Å². The van der Waals surface area contributed by atoms with E-state index < -0.39 is 9.84 Å². The molecule has 0 bridgehead atoms. The third-order valence-electron chi connectivity index (χ3n) is 3.81. The molecule has 0 radical (unpaired) electrons. The number of aromatic nitrogens is 2. The first-order valence-corrected chi connectivity index (χ1v) is 9.38. The monoisotopic (exact) mass is 370 g/mol. The minimum absolute atomic E-state index is 0.177. The number of nitrogens with one attached hydrogen (secondary N) is 3. The number of hydrogen-bond acceptors (Lipinski definition) is 4. The average molecular weight is 370 g/mol. The summed E-state index contributed by atoms with van der Waals surface area (Å²) in [6, 6.07) is 12.5. The molecule has 8 heteroatoms. The number of carbonyl (C=O) groups excluding carboxylic acids is 1. The third-order valence-corrected chi connectivity index (χ3v) is 5.74. The molecule has 3 rings (SSSR count). The Labute approximate surface area is 151 Å². The summed E-state index contributed by atoms with van der Waals surface area (Å²) in [6.45, 7) is 2.09. The van der Waals surface area contributed by atoms with E-state index in [1.807, 2.05) is 0 Å². The number of benzene rings is 2. The van der Waals surface area contributed by atoms with E-state index in [0.29, 0.717) is 17.8 Å². The summed E-state index contributed by atoms with van der Waals surface area (Å²) >= 11 is 0. The van der Waals surface area contributed by atoms with Crippen LogP contribution in [0.4, 0.5) is 10.5 Å².